The zero-order chi connectivity index (χ0) is 20.1. The molecule has 2 aromatic rings. The van der Waals surface area contributed by atoms with Gasteiger partial charge < -0.3 is 24.4 Å². The molecule has 2 aromatic carbocycles. The van der Waals surface area contributed by atoms with Crippen LogP contribution in [0.1, 0.15) is 23.2 Å². The molecule has 0 radical (unpaired) electrons. The van der Waals surface area contributed by atoms with Crippen molar-refractivity contribution in [1.82, 2.24) is 0 Å². The molecular weight excluding hydrogens is 436 g/mol. The molecule has 29 heavy (non-hydrogen) atoms. The lowest BCUT2D eigenvalue weighted by molar-refractivity contribution is 0.0679. The quantitative estimate of drug-likeness (QED) is 0.702. The highest BCUT2D eigenvalue weighted by Gasteiger charge is 2.18. The number of morpholine rings is 1. The fourth-order valence-corrected chi connectivity index (χ4v) is 3.91. The number of carbonyl (C=O) groups excluding carboxylic acids is 1. The minimum absolute atomic E-state index is 0.150. The van der Waals surface area contributed by atoms with E-state index < -0.39 is 0 Å². The molecule has 0 spiro atoms. The Morgan fingerprint density at radius 2 is 1.93 bits per heavy atom. The van der Waals surface area contributed by atoms with Gasteiger partial charge in [0.05, 0.1) is 30.7 Å². The summed E-state index contributed by atoms with van der Waals surface area (Å²) in [6, 6.07) is 13.2. The number of nitrogens with one attached hydrogen (secondary N) is 1. The summed E-state index contributed by atoms with van der Waals surface area (Å²) in [5.41, 5.74) is 2.37. The molecule has 154 valence electrons. The molecule has 2 aliphatic rings. The van der Waals surface area contributed by atoms with Crippen molar-refractivity contribution in [3.8, 4) is 5.75 Å². The topological polar surface area (TPSA) is 60.0 Å². The summed E-state index contributed by atoms with van der Waals surface area (Å²) in [7, 11) is 0. The molecule has 6 nitrogen and oxygen atoms in total. The van der Waals surface area contributed by atoms with Crippen LogP contribution in [0, 0.1) is 0 Å². The van der Waals surface area contributed by atoms with Gasteiger partial charge in [-0.3, -0.25) is 4.79 Å². The Bertz CT molecular complexity index is 831. The second-order valence-corrected chi connectivity index (χ2v) is 8.10. The van der Waals surface area contributed by atoms with Crippen molar-refractivity contribution >= 4 is 33.2 Å². The van der Waals surface area contributed by atoms with Crippen molar-refractivity contribution in [2.24, 2.45) is 0 Å². The highest BCUT2D eigenvalue weighted by molar-refractivity contribution is 9.10. The van der Waals surface area contributed by atoms with Crippen molar-refractivity contribution in [3.63, 3.8) is 0 Å². The number of anilines is 2. The molecule has 4 rings (SSSR count). The molecule has 1 N–H and O–H groups in total. The average Bonchev–Trinajstić information content (AvgIpc) is 3.27. The molecule has 0 aliphatic carbocycles. The largest absolute Gasteiger partial charge is 0.491 e. The minimum Gasteiger partial charge on any atom is -0.491 e. The maximum atomic E-state index is 12.8. The van der Waals surface area contributed by atoms with E-state index in [-0.39, 0.29) is 12.0 Å². The van der Waals surface area contributed by atoms with E-state index in [4.69, 9.17) is 14.2 Å². The number of nitrogens with zero attached hydrogens (tertiary/aromatic N) is 1. The predicted molar refractivity (Wildman–Crippen MR) is 116 cm³/mol. The summed E-state index contributed by atoms with van der Waals surface area (Å²) in [5.74, 6) is 0.594. The van der Waals surface area contributed by atoms with Crippen LogP contribution in [0.25, 0.3) is 0 Å². The highest BCUT2D eigenvalue weighted by Crippen LogP contribution is 2.30. The Kier molecular flexibility index (Phi) is 6.69. The van der Waals surface area contributed by atoms with Crippen LogP contribution in [0.4, 0.5) is 11.4 Å². The maximum Gasteiger partial charge on any atom is 0.255 e. The summed E-state index contributed by atoms with van der Waals surface area (Å²) in [5, 5.41) is 3.05. The number of hydrogen-bond donors (Lipinski definition) is 1. The standard InChI is InChI=1S/C22H25BrN2O4/c23-17-5-8-21(25-9-12-27-13-10-25)20(14-17)24-22(26)16-3-6-18(7-4-16)29-15-19-2-1-11-28-19/h3-8,14,19H,1-2,9-13,15H2,(H,24,26). The van der Waals surface area contributed by atoms with E-state index in [1.807, 2.05) is 30.3 Å². The molecule has 0 aromatic heterocycles. The second kappa shape index (κ2) is 9.61. The van der Waals surface area contributed by atoms with E-state index in [9.17, 15) is 4.79 Å². The third-order valence-electron chi connectivity index (χ3n) is 5.13. The molecule has 0 bridgehead atoms. The van der Waals surface area contributed by atoms with Crippen molar-refractivity contribution in [1.29, 1.82) is 0 Å². The summed E-state index contributed by atoms with van der Waals surface area (Å²) in [4.78, 5) is 15.0. The van der Waals surface area contributed by atoms with Gasteiger partial charge in [-0.15, -0.1) is 0 Å². The van der Waals surface area contributed by atoms with E-state index in [0.29, 0.717) is 25.4 Å². The van der Waals surface area contributed by atoms with Gasteiger partial charge in [0.25, 0.3) is 5.91 Å². The van der Waals surface area contributed by atoms with E-state index >= 15 is 0 Å². The van der Waals surface area contributed by atoms with E-state index in [0.717, 1.165) is 54.1 Å². The third-order valence-corrected chi connectivity index (χ3v) is 5.63. The normalized spacial score (nSPS) is 19.2. The number of ether oxygens (including phenoxy) is 3. The van der Waals surface area contributed by atoms with Gasteiger partial charge in [0.15, 0.2) is 0 Å². The van der Waals surface area contributed by atoms with E-state index in [1.54, 1.807) is 12.1 Å². The van der Waals surface area contributed by atoms with Gasteiger partial charge in [-0.1, -0.05) is 15.9 Å². The van der Waals surface area contributed by atoms with Gasteiger partial charge >= 0.3 is 0 Å². The molecule has 2 saturated heterocycles. The smallest absolute Gasteiger partial charge is 0.255 e. The van der Waals surface area contributed by atoms with Gasteiger partial charge in [0.2, 0.25) is 0 Å². The lowest BCUT2D eigenvalue weighted by Crippen LogP contribution is -2.36. The predicted octanol–water partition coefficient (Wildman–Crippen LogP) is 4.10. The third kappa shape index (κ3) is 5.29. The van der Waals surface area contributed by atoms with Crippen LogP contribution in [0.15, 0.2) is 46.9 Å². The number of benzene rings is 2. The van der Waals surface area contributed by atoms with Gasteiger partial charge in [0.1, 0.15) is 12.4 Å². The average molecular weight is 461 g/mol. The van der Waals surface area contributed by atoms with Gasteiger partial charge in [-0.25, -0.2) is 0 Å². The zero-order valence-corrected chi connectivity index (χ0v) is 17.8. The molecule has 2 heterocycles. The summed E-state index contributed by atoms with van der Waals surface area (Å²) in [6.45, 7) is 4.36. The van der Waals surface area contributed by atoms with E-state index in [1.165, 1.54) is 0 Å². The Morgan fingerprint density at radius 1 is 1.14 bits per heavy atom. The van der Waals surface area contributed by atoms with Crippen LogP contribution in [0.3, 0.4) is 0 Å². The Balaban J connectivity index is 1.41. The fraction of sp³-hybridized carbons (Fsp3) is 0.409. The monoisotopic (exact) mass is 460 g/mol. The fourth-order valence-electron chi connectivity index (χ4n) is 3.55. The lowest BCUT2D eigenvalue weighted by atomic mass is 10.1. The van der Waals surface area contributed by atoms with Gasteiger partial charge in [-0.2, -0.15) is 0 Å². The van der Waals surface area contributed by atoms with Crippen molar-refractivity contribution in [2.45, 2.75) is 18.9 Å². The van der Waals surface area contributed by atoms with Crippen molar-refractivity contribution < 1.29 is 19.0 Å². The summed E-state index contributed by atoms with van der Waals surface area (Å²) in [6.07, 6.45) is 2.31. The molecule has 1 amide bonds. The number of amides is 1. The lowest BCUT2D eigenvalue weighted by Gasteiger charge is -2.30. The van der Waals surface area contributed by atoms with Gasteiger partial charge in [-0.05, 0) is 55.3 Å². The number of hydrogen-bond acceptors (Lipinski definition) is 5. The first-order chi connectivity index (χ1) is 14.2. The minimum atomic E-state index is -0.150. The first kappa shape index (κ1) is 20.2. The van der Waals surface area contributed by atoms with Crippen LogP contribution in [-0.4, -0.2) is 51.5 Å². The molecular formula is C22H25BrN2O4. The van der Waals surface area contributed by atoms with Crippen LogP contribution >= 0.6 is 15.9 Å². The number of rotatable bonds is 6. The first-order valence-electron chi connectivity index (χ1n) is 9.97. The molecule has 7 heteroatoms. The van der Waals surface area contributed by atoms with E-state index in [2.05, 4.69) is 26.1 Å². The Hall–Kier alpha value is -2.09. The highest BCUT2D eigenvalue weighted by atomic mass is 79.9. The summed E-state index contributed by atoms with van der Waals surface area (Å²) < 4.78 is 17.7. The molecule has 1 unspecified atom stereocenters. The molecule has 1 atom stereocenters. The van der Waals surface area contributed by atoms with Gasteiger partial charge in [0, 0.05) is 29.7 Å². The van der Waals surface area contributed by atoms with Crippen molar-refractivity contribution in [3.05, 3.63) is 52.5 Å². The molecule has 2 fully saturated rings. The first-order valence-corrected chi connectivity index (χ1v) is 10.8. The van der Waals surface area contributed by atoms with Crippen LogP contribution in [0.2, 0.25) is 0 Å². The maximum absolute atomic E-state index is 12.8. The number of halogens is 1. The Labute approximate surface area is 179 Å². The summed E-state index contributed by atoms with van der Waals surface area (Å²) >= 11 is 3.50. The molecule has 2 aliphatic heterocycles. The Morgan fingerprint density at radius 3 is 2.66 bits per heavy atom. The van der Waals surface area contributed by atoms with Crippen LogP contribution in [-0.2, 0) is 9.47 Å². The zero-order valence-electron chi connectivity index (χ0n) is 16.2. The van der Waals surface area contributed by atoms with Crippen LogP contribution in [0.5, 0.6) is 5.75 Å². The number of carbonyl (C=O) groups is 1. The second-order valence-electron chi connectivity index (χ2n) is 7.19. The molecule has 0 saturated carbocycles. The SMILES string of the molecule is O=C(Nc1cc(Br)ccc1N1CCOCC1)c1ccc(OCC2CCCO2)cc1. The van der Waals surface area contributed by atoms with Crippen molar-refractivity contribution in [2.75, 3.05) is 49.7 Å². The van der Waals surface area contributed by atoms with Crippen LogP contribution < -0.4 is 15.0 Å².